The molecule has 0 saturated carbocycles. The largest absolute Gasteiger partial charge is 0.339 e. The number of piperazine rings is 1. The Bertz CT molecular complexity index is 455. The summed E-state index contributed by atoms with van der Waals surface area (Å²) in [6.45, 7) is 8.19. The lowest BCUT2D eigenvalue weighted by Crippen LogP contribution is -2.49. The van der Waals surface area contributed by atoms with E-state index in [1.807, 2.05) is 11.9 Å². The molecule has 1 heterocycles. The summed E-state index contributed by atoms with van der Waals surface area (Å²) < 4.78 is 0. The molecule has 1 atom stereocenters. The smallest absolute Gasteiger partial charge is 0.236 e. The lowest BCUT2D eigenvalue weighted by molar-refractivity contribution is -0.133. The molecule has 1 saturated heterocycles. The van der Waals surface area contributed by atoms with E-state index in [1.165, 1.54) is 11.1 Å². The van der Waals surface area contributed by atoms with E-state index in [4.69, 9.17) is 0 Å². The van der Waals surface area contributed by atoms with Gasteiger partial charge in [-0.05, 0) is 26.5 Å². The first kappa shape index (κ1) is 15.0. The third kappa shape index (κ3) is 3.81. The molecule has 110 valence electrons. The van der Waals surface area contributed by atoms with Gasteiger partial charge in [-0.1, -0.05) is 29.8 Å². The normalized spacial score (nSPS) is 17.3. The zero-order valence-electron chi connectivity index (χ0n) is 12.7. The molecule has 20 heavy (non-hydrogen) atoms. The maximum Gasteiger partial charge on any atom is 0.236 e. The van der Waals surface area contributed by atoms with Crippen LogP contribution in [0.15, 0.2) is 24.3 Å². The van der Waals surface area contributed by atoms with Crippen LogP contribution >= 0.6 is 0 Å². The highest BCUT2D eigenvalue weighted by Crippen LogP contribution is 2.19. The molecule has 4 nitrogen and oxygen atoms in total. The summed E-state index contributed by atoms with van der Waals surface area (Å²) in [6.07, 6.45) is 0. The van der Waals surface area contributed by atoms with Crippen molar-refractivity contribution in [2.24, 2.45) is 0 Å². The van der Waals surface area contributed by atoms with Crippen molar-refractivity contribution in [2.75, 3.05) is 39.8 Å². The number of hydrogen-bond donors (Lipinski definition) is 1. The van der Waals surface area contributed by atoms with E-state index in [1.54, 1.807) is 0 Å². The van der Waals surface area contributed by atoms with E-state index in [0.717, 1.165) is 26.2 Å². The van der Waals surface area contributed by atoms with Crippen molar-refractivity contribution in [2.45, 2.75) is 19.9 Å². The van der Waals surface area contributed by atoms with Crippen molar-refractivity contribution >= 4 is 5.91 Å². The zero-order chi connectivity index (χ0) is 14.5. The van der Waals surface area contributed by atoms with Crippen molar-refractivity contribution < 1.29 is 4.79 Å². The van der Waals surface area contributed by atoms with E-state index < -0.39 is 0 Å². The number of carbonyl (C=O) groups excluding carboxylic acids is 1. The van der Waals surface area contributed by atoms with E-state index in [2.05, 4.69) is 48.3 Å². The maximum absolute atomic E-state index is 12.3. The Labute approximate surface area is 121 Å². The summed E-state index contributed by atoms with van der Waals surface area (Å²) in [5, 5.41) is 3.27. The number of benzene rings is 1. The van der Waals surface area contributed by atoms with Crippen molar-refractivity contribution in [1.82, 2.24) is 15.1 Å². The number of rotatable bonds is 4. The van der Waals surface area contributed by atoms with Crippen LogP contribution in [0.1, 0.15) is 24.1 Å². The molecule has 0 spiro atoms. The lowest BCUT2D eigenvalue weighted by Gasteiger charge is -2.31. The van der Waals surface area contributed by atoms with Gasteiger partial charge in [0.1, 0.15) is 0 Å². The minimum atomic E-state index is 0.230. The van der Waals surface area contributed by atoms with E-state index in [-0.39, 0.29) is 11.9 Å². The molecule has 0 bridgehead atoms. The van der Waals surface area contributed by atoms with E-state index in [0.29, 0.717) is 6.54 Å². The van der Waals surface area contributed by atoms with Crippen molar-refractivity contribution in [3.05, 3.63) is 35.4 Å². The summed E-state index contributed by atoms with van der Waals surface area (Å²) >= 11 is 0. The molecule has 2 rings (SSSR count). The average Bonchev–Trinajstić information content (AvgIpc) is 2.47. The molecule has 0 aromatic heterocycles. The predicted molar refractivity (Wildman–Crippen MR) is 81.7 cm³/mol. The molecule has 1 aromatic carbocycles. The molecular weight excluding hydrogens is 250 g/mol. The van der Waals surface area contributed by atoms with Gasteiger partial charge in [-0.25, -0.2) is 0 Å². The number of aryl methyl sites for hydroxylation is 1. The fourth-order valence-corrected chi connectivity index (χ4v) is 2.55. The van der Waals surface area contributed by atoms with Crippen LogP contribution in [0.3, 0.4) is 0 Å². The Morgan fingerprint density at radius 2 is 2.10 bits per heavy atom. The van der Waals surface area contributed by atoms with Crippen LogP contribution in [0.5, 0.6) is 0 Å². The van der Waals surface area contributed by atoms with Gasteiger partial charge >= 0.3 is 0 Å². The molecular formula is C16H25N3O. The SMILES string of the molecule is Cc1cccc(C(C)N(C)CC(=O)N2CCNCC2)c1. The lowest BCUT2D eigenvalue weighted by atomic mass is 10.0. The van der Waals surface area contributed by atoms with Gasteiger partial charge < -0.3 is 10.2 Å². The molecule has 4 heteroatoms. The van der Waals surface area contributed by atoms with Gasteiger partial charge in [0, 0.05) is 32.2 Å². The summed E-state index contributed by atoms with van der Waals surface area (Å²) in [4.78, 5) is 16.3. The van der Waals surface area contributed by atoms with Crippen molar-refractivity contribution in [1.29, 1.82) is 0 Å². The summed E-state index contributed by atoms with van der Waals surface area (Å²) in [5.41, 5.74) is 2.52. The van der Waals surface area contributed by atoms with Gasteiger partial charge in [0.2, 0.25) is 5.91 Å². The summed E-state index contributed by atoms with van der Waals surface area (Å²) in [5.74, 6) is 0.230. The highest BCUT2D eigenvalue weighted by Gasteiger charge is 2.20. The summed E-state index contributed by atoms with van der Waals surface area (Å²) in [7, 11) is 2.02. The first-order valence-electron chi connectivity index (χ1n) is 7.33. The number of likely N-dealkylation sites (N-methyl/N-ethyl adjacent to an activating group) is 1. The van der Waals surface area contributed by atoms with Crippen LogP contribution < -0.4 is 5.32 Å². The average molecular weight is 275 g/mol. The minimum absolute atomic E-state index is 0.230. The molecule has 1 fully saturated rings. The Morgan fingerprint density at radius 3 is 2.75 bits per heavy atom. The highest BCUT2D eigenvalue weighted by atomic mass is 16.2. The van der Waals surface area contributed by atoms with Gasteiger partial charge in [-0.2, -0.15) is 0 Å². The molecule has 1 N–H and O–H groups in total. The Morgan fingerprint density at radius 1 is 1.40 bits per heavy atom. The van der Waals surface area contributed by atoms with Gasteiger partial charge in [-0.3, -0.25) is 9.69 Å². The quantitative estimate of drug-likeness (QED) is 0.903. The van der Waals surface area contributed by atoms with Crippen LogP contribution in [-0.2, 0) is 4.79 Å². The third-order valence-electron chi connectivity index (χ3n) is 4.04. The molecule has 1 aliphatic rings. The van der Waals surface area contributed by atoms with Crippen molar-refractivity contribution in [3.8, 4) is 0 Å². The standard InChI is InChI=1S/C16H25N3O/c1-13-5-4-6-15(11-13)14(2)18(3)12-16(20)19-9-7-17-8-10-19/h4-6,11,14,17H,7-10,12H2,1-3H3. The van der Waals surface area contributed by atoms with Crippen LogP contribution in [0.25, 0.3) is 0 Å². The molecule has 1 amide bonds. The van der Waals surface area contributed by atoms with Gasteiger partial charge in [0.05, 0.1) is 6.54 Å². The Kier molecular flexibility index (Phi) is 5.15. The number of carbonyl (C=O) groups is 1. The van der Waals surface area contributed by atoms with Gasteiger partial charge in [0.15, 0.2) is 0 Å². The number of amides is 1. The first-order chi connectivity index (χ1) is 9.58. The summed E-state index contributed by atoms with van der Waals surface area (Å²) in [6, 6.07) is 8.75. The molecule has 1 aliphatic heterocycles. The van der Waals surface area contributed by atoms with Crippen LogP contribution in [0.2, 0.25) is 0 Å². The van der Waals surface area contributed by atoms with Crippen LogP contribution in [0, 0.1) is 6.92 Å². The monoisotopic (exact) mass is 275 g/mol. The number of nitrogens with one attached hydrogen (secondary N) is 1. The Balaban J connectivity index is 1.93. The van der Waals surface area contributed by atoms with Crippen molar-refractivity contribution in [3.63, 3.8) is 0 Å². The number of nitrogens with zero attached hydrogens (tertiary/aromatic N) is 2. The topological polar surface area (TPSA) is 35.6 Å². The van der Waals surface area contributed by atoms with E-state index in [9.17, 15) is 4.79 Å². The first-order valence-corrected chi connectivity index (χ1v) is 7.33. The fourth-order valence-electron chi connectivity index (χ4n) is 2.55. The highest BCUT2D eigenvalue weighted by molar-refractivity contribution is 5.78. The second-order valence-electron chi connectivity index (χ2n) is 5.64. The third-order valence-corrected chi connectivity index (χ3v) is 4.04. The molecule has 0 aliphatic carbocycles. The predicted octanol–water partition coefficient (Wildman–Crippen LogP) is 1.42. The van der Waals surface area contributed by atoms with Gasteiger partial charge in [-0.15, -0.1) is 0 Å². The fraction of sp³-hybridized carbons (Fsp3) is 0.562. The van der Waals surface area contributed by atoms with Crippen LogP contribution in [0.4, 0.5) is 0 Å². The van der Waals surface area contributed by atoms with Crippen LogP contribution in [-0.4, -0.2) is 55.5 Å². The minimum Gasteiger partial charge on any atom is -0.339 e. The van der Waals surface area contributed by atoms with Gasteiger partial charge in [0.25, 0.3) is 0 Å². The second kappa shape index (κ2) is 6.86. The Hall–Kier alpha value is -1.39. The maximum atomic E-state index is 12.3. The second-order valence-corrected chi connectivity index (χ2v) is 5.64. The zero-order valence-corrected chi connectivity index (χ0v) is 12.7. The number of hydrogen-bond acceptors (Lipinski definition) is 3. The van der Waals surface area contributed by atoms with E-state index >= 15 is 0 Å². The molecule has 1 unspecified atom stereocenters. The molecule has 1 aromatic rings. The molecule has 0 radical (unpaired) electrons.